The zero-order chi connectivity index (χ0) is 12.4. The number of hydrogen-bond acceptors (Lipinski definition) is 2. The van der Waals surface area contributed by atoms with Gasteiger partial charge < -0.3 is 5.32 Å². The van der Waals surface area contributed by atoms with Crippen LogP contribution in [0.1, 0.15) is 64.7 Å². The van der Waals surface area contributed by atoms with Gasteiger partial charge >= 0.3 is 0 Å². The van der Waals surface area contributed by atoms with Gasteiger partial charge in [0, 0.05) is 11.3 Å². The van der Waals surface area contributed by atoms with Crippen LogP contribution < -0.4 is 5.32 Å². The van der Waals surface area contributed by atoms with Crippen molar-refractivity contribution in [3.63, 3.8) is 0 Å². The number of thioether (sulfide) groups is 1. The molecule has 3 rings (SSSR count). The van der Waals surface area contributed by atoms with Crippen LogP contribution in [0.15, 0.2) is 4.99 Å². The van der Waals surface area contributed by atoms with E-state index in [1.54, 1.807) is 0 Å². The van der Waals surface area contributed by atoms with Crippen LogP contribution in [0.2, 0.25) is 0 Å². The number of amidine groups is 1. The minimum atomic E-state index is 0.433. The summed E-state index contributed by atoms with van der Waals surface area (Å²) in [6, 6.07) is 0.607. The smallest absolute Gasteiger partial charge is 0.157 e. The predicted octanol–water partition coefficient (Wildman–Crippen LogP) is 3.96. The molecule has 0 aromatic heterocycles. The van der Waals surface area contributed by atoms with Crippen molar-refractivity contribution in [1.29, 1.82) is 0 Å². The van der Waals surface area contributed by atoms with Crippen molar-refractivity contribution in [2.75, 3.05) is 5.75 Å². The Morgan fingerprint density at radius 3 is 2.89 bits per heavy atom. The fourth-order valence-corrected chi connectivity index (χ4v) is 5.10. The summed E-state index contributed by atoms with van der Waals surface area (Å²) in [6.45, 7) is 2.33. The van der Waals surface area contributed by atoms with E-state index in [2.05, 4.69) is 12.2 Å². The van der Waals surface area contributed by atoms with Crippen molar-refractivity contribution in [2.24, 2.45) is 10.9 Å². The van der Waals surface area contributed by atoms with Gasteiger partial charge in [0.15, 0.2) is 5.17 Å². The van der Waals surface area contributed by atoms with Crippen molar-refractivity contribution in [3.05, 3.63) is 0 Å². The summed E-state index contributed by atoms with van der Waals surface area (Å²) >= 11 is 1.98. The predicted molar refractivity (Wildman–Crippen MR) is 80.3 cm³/mol. The van der Waals surface area contributed by atoms with Crippen molar-refractivity contribution < 1.29 is 0 Å². The number of hydrogen-bond donors (Lipinski definition) is 1. The fourth-order valence-electron chi connectivity index (χ4n) is 3.81. The molecule has 1 aliphatic heterocycles. The van der Waals surface area contributed by atoms with Crippen LogP contribution in [0, 0.1) is 5.92 Å². The van der Waals surface area contributed by atoms with Crippen molar-refractivity contribution in [2.45, 2.75) is 76.3 Å². The molecule has 1 heterocycles. The normalized spacial score (nSPS) is 37.3. The molecule has 2 saturated carbocycles. The molecule has 0 bridgehead atoms. The van der Waals surface area contributed by atoms with Crippen molar-refractivity contribution in [1.82, 2.24) is 5.32 Å². The molecule has 3 heteroatoms. The minimum Gasteiger partial charge on any atom is -0.359 e. The van der Waals surface area contributed by atoms with E-state index in [-0.39, 0.29) is 0 Å². The molecule has 2 unspecified atom stereocenters. The lowest BCUT2D eigenvalue weighted by Gasteiger charge is -2.26. The molecule has 102 valence electrons. The molecule has 3 aliphatic rings. The summed E-state index contributed by atoms with van der Waals surface area (Å²) in [5.41, 5.74) is 0.433. The minimum absolute atomic E-state index is 0.433. The Balaban J connectivity index is 1.59. The summed E-state index contributed by atoms with van der Waals surface area (Å²) in [6.07, 6.45) is 12.3. The first-order valence-electron chi connectivity index (χ1n) is 7.78. The molecule has 0 amide bonds. The molecule has 0 radical (unpaired) electrons. The van der Waals surface area contributed by atoms with E-state index in [9.17, 15) is 0 Å². The molecule has 1 saturated heterocycles. The highest BCUT2D eigenvalue weighted by Crippen LogP contribution is 2.38. The Hall–Kier alpha value is -0.180. The lowest BCUT2D eigenvalue weighted by atomic mass is 9.84. The third-order valence-electron chi connectivity index (χ3n) is 5.05. The maximum Gasteiger partial charge on any atom is 0.157 e. The van der Waals surface area contributed by atoms with Gasteiger partial charge in [0.25, 0.3) is 0 Å². The highest BCUT2D eigenvalue weighted by molar-refractivity contribution is 8.14. The second kappa shape index (κ2) is 5.44. The fraction of sp³-hybridized carbons (Fsp3) is 0.933. The average molecular weight is 266 g/mol. The SMILES string of the molecule is CCC1CCCC(N=C2NC3(CCCC3)CS2)C1. The molecule has 2 aliphatic carbocycles. The average Bonchev–Trinajstić information content (AvgIpc) is 3.01. The summed E-state index contributed by atoms with van der Waals surface area (Å²) in [7, 11) is 0. The maximum absolute atomic E-state index is 5.02. The second-order valence-corrected chi connectivity index (χ2v) is 7.39. The molecule has 2 nitrogen and oxygen atoms in total. The van der Waals surface area contributed by atoms with Gasteiger partial charge in [0.2, 0.25) is 0 Å². The van der Waals surface area contributed by atoms with E-state index >= 15 is 0 Å². The third kappa shape index (κ3) is 2.71. The first kappa shape index (κ1) is 12.8. The van der Waals surface area contributed by atoms with Gasteiger partial charge in [-0.25, -0.2) is 0 Å². The van der Waals surface area contributed by atoms with E-state index in [1.165, 1.54) is 68.7 Å². The standard InChI is InChI=1S/C15H26N2S/c1-2-12-6-5-7-13(10-12)16-14-17-15(11-18-14)8-3-4-9-15/h12-13H,2-11H2,1H3,(H,16,17). The first-order valence-corrected chi connectivity index (χ1v) is 8.77. The number of aliphatic imine (C=N–C) groups is 1. The van der Waals surface area contributed by atoms with E-state index in [0.29, 0.717) is 11.6 Å². The highest BCUT2D eigenvalue weighted by Gasteiger charge is 2.39. The van der Waals surface area contributed by atoms with Gasteiger partial charge in [0.1, 0.15) is 0 Å². The number of nitrogens with one attached hydrogen (secondary N) is 1. The molecule has 0 aromatic rings. The Morgan fingerprint density at radius 1 is 1.28 bits per heavy atom. The van der Waals surface area contributed by atoms with Gasteiger partial charge in [-0.05, 0) is 31.6 Å². The number of nitrogens with zero attached hydrogens (tertiary/aromatic N) is 1. The molecule has 18 heavy (non-hydrogen) atoms. The van der Waals surface area contributed by atoms with Crippen LogP contribution in [0.3, 0.4) is 0 Å². The van der Waals surface area contributed by atoms with Crippen LogP contribution in [0.25, 0.3) is 0 Å². The Bertz CT molecular complexity index is 320. The Morgan fingerprint density at radius 2 is 2.11 bits per heavy atom. The van der Waals surface area contributed by atoms with Gasteiger partial charge in [-0.3, -0.25) is 4.99 Å². The van der Waals surface area contributed by atoms with Gasteiger partial charge in [0.05, 0.1) is 6.04 Å². The summed E-state index contributed by atoms with van der Waals surface area (Å²) in [4.78, 5) is 5.02. The van der Waals surface area contributed by atoms with E-state index < -0.39 is 0 Å². The second-order valence-electron chi connectivity index (χ2n) is 6.43. The number of rotatable bonds is 2. The summed E-state index contributed by atoms with van der Waals surface area (Å²) in [5.74, 6) is 2.19. The summed E-state index contributed by atoms with van der Waals surface area (Å²) < 4.78 is 0. The first-order chi connectivity index (χ1) is 8.80. The molecule has 1 spiro atoms. The quantitative estimate of drug-likeness (QED) is 0.818. The lowest BCUT2D eigenvalue weighted by Crippen LogP contribution is -2.41. The van der Waals surface area contributed by atoms with Crippen LogP contribution >= 0.6 is 11.8 Å². The summed E-state index contributed by atoms with van der Waals surface area (Å²) in [5, 5.41) is 5.02. The zero-order valence-corrected chi connectivity index (χ0v) is 12.4. The van der Waals surface area contributed by atoms with Gasteiger partial charge in [-0.1, -0.05) is 50.8 Å². The van der Waals surface area contributed by atoms with Crippen LogP contribution in [0.5, 0.6) is 0 Å². The lowest BCUT2D eigenvalue weighted by molar-refractivity contribution is 0.316. The van der Waals surface area contributed by atoms with Crippen LogP contribution in [0.4, 0.5) is 0 Å². The maximum atomic E-state index is 5.02. The molecule has 3 fully saturated rings. The van der Waals surface area contributed by atoms with Crippen LogP contribution in [-0.4, -0.2) is 22.5 Å². The highest BCUT2D eigenvalue weighted by atomic mass is 32.2. The molecular formula is C15H26N2S. The monoisotopic (exact) mass is 266 g/mol. The van der Waals surface area contributed by atoms with Gasteiger partial charge in [-0.15, -0.1) is 0 Å². The topological polar surface area (TPSA) is 24.4 Å². The largest absolute Gasteiger partial charge is 0.359 e. The van der Waals surface area contributed by atoms with Crippen LogP contribution in [-0.2, 0) is 0 Å². The molecule has 0 aromatic carbocycles. The van der Waals surface area contributed by atoms with Crippen molar-refractivity contribution in [3.8, 4) is 0 Å². The molecule has 1 N–H and O–H groups in total. The molecular weight excluding hydrogens is 240 g/mol. The van der Waals surface area contributed by atoms with E-state index in [0.717, 1.165) is 5.92 Å². The zero-order valence-electron chi connectivity index (χ0n) is 11.6. The van der Waals surface area contributed by atoms with E-state index in [1.807, 2.05) is 11.8 Å². The van der Waals surface area contributed by atoms with Gasteiger partial charge in [-0.2, -0.15) is 0 Å². The third-order valence-corrected chi connectivity index (χ3v) is 6.23. The van der Waals surface area contributed by atoms with E-state index in [4.69, 9.17) is 4.99 Å². The molecule has 2 atom stereocenters. The Labute approximate surface area is 115 Å². The Kier molecular flexibility index (Phi) is 3.88. The van der Waals surface area contributed by atoms with Crippen molar-refractivity contribution >= 4 is 16.9 Å².